The number of amides is 1. The standard InChI is InChI=1S/C21H18F3N5O4/c22-21(23,24)13-8-6-12(7-9-13)19(30)25-15-10-31-18-16(11-32-17(15)18)29-20(26-27-28-29)33-14-4-2-1-3-5-14/h1-9,15-18H,10-11H2,(H,25,30). The maximum absolute atomic E-state index is 12.7. The van der Waals surface area contributed by atoms with Crippen molar-refractivity contribution in [3.63, 3.8) is 0 Å². The van der Waals surface area contributed by atoms with Crippen LogP contribution in [-0.4, -0.2) is 57.6 Å². The molecule has 4 unspecified atom stereocenters. The first-order valence-electron chi connectivity index (χ1n) is 10.1. The number of aromatic nitrogens is 4. The second-order valence-corrected chi connectivity index (χ2v) is 7.64. The van der Waals surface area contributed by atoms with Crippen LogP contribution in [-0.2, 0) is 15.7 Å². The predicted octanol–water partition coefficient (Wildman–Crippen LogP) is 2.62. The van der Waals surface area contributed by atoms with Gasteiger partial charge in [-0.05, 0) is 46.8 Å². The monoisotopic (exact) mass is 461 g/mol. The Hall–Kier alpha value is -3.51. The van der Waals surface area contributed by atoms with Crippen LogP contribution in [0, 0.1) is 0 Å². The van der Waals surface area contributed by atoms with Crippen molar-refractivity contribution in [2.45, 2.75) is 30.5 Å². The summed E-state index contributed by atoms with van der Waals surface area (Å²) in [5.74, 6) is 0.0542. The molecular weight excluding hydrogens is 443 g/mol. The molecule has 1 aromatic heterocycles. The van der Waals surface area contributed by atoms with Crippen LogP contribution in [0.1, 0.15) is 22.0 Å². The van der Waals surface area contributed by atoms with Crippen molar-refractivity contribution in [3.05, 3.63) is 65.7 Å². The summed E-state index contributed by atoms with van der Waals surface area (Å²) in [5.41, 5.74) is -0.708. The van der Waals surface area contributed by atoms with E-state index in [1.807, 2.05) is 18.2 Å². The van der Waals surface area contributed by atoms with Crippen LogP contribution in [0.5, 0.6) is 11.8 Å². The summed E-state index contributed by atoms with van der Waals surface area (Å²) in [7, 11) is 0. The molecule has 2 fully saturated rings. The molecule has 0 saturated carbocycles. The van der Waals surface area contributed by atoms with Gasteiger partial charge in [0.2, 0.25) is 0 Å². The van der Waals surface area contributed by atoms with Crippen LogP contribution in [0.2, 0.25) is 0 Å². The third-order valence-corrected chi connectivity index (χ3v) is 5.55. The van der Waals surface area contributed by atoms with Crippen molar-refractivity contribution < 1.29 is 32.2 Å². The molecule has 33 heavy (non-hydrogen) atoms. The average Bonchev–Trinajstić information content (AvgIpc) is 3.52. The molecular formula is C21H18F3N5O4. The first-order valence-corrected chi connectivity index (χ1v) is 10.1. The van der Waals surface area contributed by atoms with E-state index in [0.29, 0.717) is 5.75 Å². The summed E-state index contributed by atoms with van der Waals surface area (Å²) in [6.45, 7) is 0.410. The molecule has 172 valence electrons. The zero-order chi connectivity index (χ0) is 23.0. The van der Waals surface area contributed by atoms with Gasteiger partial charge in [-0.25, -0.2) is 0 Å². The maximum Gasteiger partial charge on any atom is 0.416 e. The molecule has 0 spiro atoms. The molecule has 0 aliphatic carbocycles. The Bertz CT molecular complexity index is 1120. The van der Waals surface area contributed by atoms with Crippen LogP contribution >= 0.6 is 0 Å². The molecule has 1 N–H and O–H groups in total. The topological polar surface area (TPSA) is 100 Å². The fourth-order valence-corrected chi connectivity index (χ4v) is 3.93. The third-order valence-electron chi connectivity index (χ3n) is 5.55. The lowest BCUT2D eigenvalue weighted by molar-refractivity contribution is -0.137. The number of hydrogen-bond donors (Lipinski definition) is 1. The summed E-state index contributed by atoms with van der Waals surface area (Å²) in [4.78, 5) is 12.6. The van der Waals surface area contributed by atoms with Crippen LogP contribution in [0.15, 0.2) is 54.6 Å². The largest absolute Gasteiger partial charge is 0.423 e. The van der Waals surface area contributed by atoms with Gasteiger partial charge in [0.05, 0.1) is 24.8 Å². The summed E-state index contributed by atoms with van der Waals surface area (Å²) in [5, 5.41) is 14.4. The minimum atomic E-state index is -4.46. The SMILES string of the molecule is O=C(NC1COC2C1OCC2n1nnnc1Oc1ccccc1)c1ccc(C(F)(F)F)cc1. The lowest BCUT2D eigenvalue weighted by Crippen LogP contribution is -2.44. The Labute approximate surface area is 185 Å². The van der Waals surface area contributed by atoms with Crippen molar-refractivity contribution in [1.29, 1.82) is 0 Å². The molecule has 1 amide bonds. The minimum Gasteiger partial charge on any atom is -0.423 e. The first kappa shape index (κ1) is 21.3. The molecule has 2 aliphatic rings. The molecule has 4 atom stereocenters. The number of carbonyl (C=O) groups is 1. The lowest BCUT2D eigenvalue weighted by atomic mass is 10.1. The Morgan fingerprint density at radius 1 is 1.03 bits per heavy atom. The molecule has 5 rings (SSSR count). The van der Waals surface area contributed by atoms with Gasteiger partial charge in [-0.3, -0.25) is 4.79 Å². The Kier molecular flexibility index (Phi) is 5.46. The molecule has 0 radical (unpaired) electrons. The second-order valence-electron chi connectivity index (χ2n) is 7.64. The fraction of sp³-hybridized carbons (Fsp3) is 0.333. The van der Waals surface area contributed by atoms with E-state index in [4.69, 9.17) is 14.2 Å². The van der Waals surface area contributed by atoms with Crippen molar-refractivity contribution in [2.75, 3.05) is 13.2 Å². The number of alkyl halides is 3. The first-order chi connectivity index (χ1) is 15.9. The van der Waals surface area contributed by atoms with Crippen molar-refractivity contribution in [2.24, 2.45) is 0 Å². The average molecular weight is 461 g/mol. The highest BCUT2D eigenvalue weighted by Crippen LogP contribution is 2.36. The van der Waals surface area contributed by atoms with Gasteiger partial charge in [0.15, 0.2) is 0 Å². The molecule has 3 heterocycles. The molecule has 0 bridgehead atoms. The van der Waals surface area contributed by atoms with Gasteiger partial charge >= 0.3 is 12.2 Å². The number of halogens is 3. The third kappa shape index (κ3) is 4.26. The van der Waals surface area contributed by atoms with E-state index in [9.17, 15) is 18.0 Å². The van der Waals surface area contributed by atoms with Gasteiger partial charge in [0, 0.05) is 5.56 Å². The van der Waals surface area contributed by atoms with Gasteiger partial charge in [-0.2, -0.15) is 17.9 Å². The van der Waals surface area contributed by atoms with E-state index >= 15 is 0 Å². The molecule has 2 saturated heterocycles. The number of nitrogens with one attached hydrogen (secondary N) is 1. The molecule has 2 aliphatic heterocycles. The second kappa shape index (κ2) is 8.45. The summed E-state index contributed by atoms with van der Waals surface area (Å²) in [6.07, 6.45) is -5.38. The Morgan fingerprint density at radius 3 is 2.48 bits per heavy atom. The minimum absolute atomic E-state index is 0.111. The Balaban J connectivity index is 1.25. The van der Waals surface area contributed by atoms with Gasteiger partial charge < -0.3 is 19.5 Å². The fourth-order valence-electron chi connectivity index (χ4n) is 3.93. The van der Waals surface area contributed by atoms with Crippen LogP contribution in [0.25, 0.3) is 0 Å². The highest BCUT2D eigenvalue weighted by molar-refractivity contribution is 5.94. The molecule has 12 heteroatoms. The highest BCUT2D eigenvalue weighted by Gasteiger charge is 2.50. The zero-order valence-electron chi connectivity index (χ0n) is 17.0. The van der Waals surface area contributed by atoms with Crippen LogP contribution in [0.3, 0.4) is 0 Å². The van der Waals surface area contributed by atoms with E-state index in [1.165, 1.54) is 4.68 Å². The number of nitrogens with zero attached hydrogens (tertiary/aromatic N) is 4. The van der Waals surface area contributed by atoms with E-state index in [2.05, 4.69) is 20.8 Å². The normalized spacial score (nSPS) is 24.5. The van der Waals surface area contributed by atoms with Gasteiger partial charge in [0.1, 0.15) is 24.0 Å². The highest BCUT2D eigenvalue weighted by atomic mass is 19.4. The van der Waals surface area contributed by atoms with Crippen LogP contribution in [0.4, 0.5) is 13.2 Å². The Morgan fingerprint density at radius 2 is 1.76 bits per heavy atom. The van der Waals surface area contributed by atoms with Crippen LogP contribution < -0.4 is 10.1 Å². The van der Waals surface area contributed by atoms with E-state index < -0.39 is 35.9 Å². The van der Waals surface area contributed by atoms with E-state index in [1.54, 1.807) is 12.1 Å². The smallest absolute Gasteiger partial charge is 0.416 e. The van der Waals surface area contributed by atoms with E-state index in [-0.39, 0.29) is 30.8 Å². The quantitative estimate of drug-likeness (QED) is 0.624. The number of carbonyl (C=O) groups excluding carboxylic acids is 1. The zero-order valence-corrected chi connectivity index (χ0v) is 17.0. The van der Waals surface area contributed by atoms with Crippen molar-refractivity contribution in [1.82, 2.24) is 25.5 Å². The summed E-state index contributed by atoms with van der Waals surface area (Å²) >= 11 is 0. The number of hydrogen-bond acceptors (Lipinski definition) is 7. The number of rotatable bonds is 5. The lowest BCUT2D eigenvalue weighted by Gasteiger charge is -2.18. The molecule has 3 aromatic rings. The molecule has 9 nitrogen and oxygen atoms in total. The van der Waals surface area contributed by atoms with Gasteiger partial charge in [-0.1, -0.05) is 23.3 Å². The molecule has 2 aromatic carbocycles. The van der Waals surface area contributed by atoms with Crippen molar-refractivity contribution >= 4 is 5.91 Å². The number of fused-ring (bicyclic) bond motifs is 1. The number of para-hydroxylation sites is 1. The number of benzene rings is 2. The van der Waals surface area contributed by atoms with E-state index in [0.717, 1.165) is 24.3 Å². The van der Waals surface area contributed by atoms with Gasteiger partial charge in [-0.15, -0.1) is 0 Å². The predicted molar refractivity (Wildman–Crippen MR) is 106 cm³/mol. The van der Waals surface area contributed by atoms with Crippen molar-refractivity contribution in [3.8, 4) is 11.8 Å². The summed E-state index contributed by atoms with van der Waals surface area (Å²) < 4.78 is 57.2. The number of tetrazole rings is 1. The number of ether oxygens (including phenoxy) is 3. The summed E-state index contributed by atoms with van der Waals surface area (Å²) in [6, 6.07) is 12.4. The van der Waals surface area contributed by atoms with Gasteiger partial charge in [0.25, 0.3) is 5.91 Å². The maximum atomic E-state index is 12.7.